The van der Waals surface area contributed by atoms with E-state index in [1.165, 1.54) is 19.1 Å². The van der Waals surface area contributed by atoms with Crippen molar-refractivity contribution in [3.63, 3.8) is 0 Å². The quantitative estimate of drug-likeness (QED) is 0.757. The lowest BCUT2D eigenvalue weighted by atomic mass is 9.90. The summed E-state index contributed by atoms with van der Waals surface area (Å²) in [4.78, 5) is 2.42. The third-order valence-electron chi connectivity index (χ3n) is 3.80. The maximum atomic E-state index is 11.1. The molecule has 2 unspecified atom stereocenters. The van der Waals surface area contributed by atoms with Gasteiger partial charge in [0.15, 0.2) is 0 Å². The minimum atomic E-state index is -2.80. The van der Waals surface area contributed by atoms with Crippen molar-refractivity contribution in [2.75, 3.05) is 38.2 Å². The molecule has 1 heterocycles. The Morgan fingerprint density at radius 3 is 2.61 bits per heavy atom. The Hall–Kier alpha value is -0.130. The molecular weight excluding hydrogens is 248 g/mol. The number of hydrogen-bond donors (Lipinski definition) is 1. The molecule has 4 nitrogen and oxygen atoms in total. The third-order valence-corrected chi connectivity index (χ3v) is 4.83. The van der Waals surface area contributed by atoms with E-state index in [9.17, 15) is 8.42 Å². The van der Waals surface area contributed by atoms with E-state index >= 15 is 0 Å². The zero-order valence-electron chi connectivity index (χ0n) is 12.0. The molecule has 0 aromatic carbocycles. The van der Waals surface area contributed by atoms with E-state index in [0.29, 0.717) is 17.7 Å². The second-order valence-electron chi connectivity index (χ2n) is 5.41. The minimum absolute atomic E-state index is 0.316. The molecule has 0 radical (unpaired) electrons. The molecule has 1 rings (SSSR count). The Labute approximate surface area is 112 Å². The van der Waals surface area contributed by atoms with Gasteiger partial charge in [-0.25, -0.2) is 8.42 Å². The van der Waals surface area contributed by atoms with Crippen molar-refractivity contribution in [3.8, 4) is 0 Å². The molecule has 0 aliphatic carbocycles. The van der Waals surface area contributed by atoms with Gasteiger partial charge in [0.25, 0.3) is 0 Å². The molecule has 0 aromatic heterocycles. The molecular formula is C13H28N2O2S. The van der Waals surface area contributed by atoms with Crippen LogP contribution in [0.5, 0.6) is 0 Å². The van der Waals surface area contributed by atoms with Gasteiger partial charge in [0.1, 0.15) is 9.84 Å². The number of nitrogens with zero attached hydrogens (tertiary/aromatic N) is 1. The van der Waals surface area contributed by atoms with E-state index in [2.05, 4.69) is 24.1 Å². The largest absolute Gasteiger partial charge is 0.314 e. The van der Waals surface area contributed by atoms with Crippen LogP contribution in [0.1, 0.15) is 33.1 Å². The molecule has 0 amide bonds. The van der Waals surface area contributed by atoms with Gasteiger partial charge in [0, 0.05) is 18.8 Å². The van der Waals surface area contributed by atoms with Crippen LogP contribution in [0.25, 0.3) is 0 Å². The molecule has 108 valence electrons. The second-order valence-corrected chi connectivity index (χ2v) is 7.66. The van der Waals surface area contributed by atoms with Crippen LogP contribution in [0.15, 0.2) is 0 Å². The van der Waals surface area contributed by atoms with E-state index < -0.39 is 9.84 Å². The summed E-state index contributed by atoms with van der Waals surface area (Å²) in [5, 5.41) is 3.56. The number of rotatable bonds is 7. The van der Waals surface area contributed by atoms with Crippen molar-refractivity contribution in [1.82, 2.24) is 10.2 Å². The Morgan fingerprint density at radius 2 is 2.06 bits per heavy atom. The molecule has 0 saturated carbocycles. The zero-order valence-corrected chi connectivity index (χ0v) is 12.8. The highest BCUT2D eigenvalue weighted by Gasteiger charge is 2.26. The molecule has 1 fully saturated rings. The lowest BCUT2D eigenvalue weighted by Gasteiger charge is -2.38. The lowest BCUT2D eigenvalue weighted by molar-refractivity contribution is 0.136. The molecule has 0 bridgehead atoms. The van der Waals surface area contributed by atoms with Crippen LogP contribution in [-0.4, -0.2) is 57.5 Å². The topological polar surface area (TPSA) is 49.4 Å². The predicted molar refractivity (Wildman–Crippen MR) is 76.6 cm³/mol. The summed E-state index contributed by atoms with van der Waals surface area (Å²) in [7, 11) is -2.80. The van der Waals surface area contributed by atoms with Crippen LogP contribution in [0.3, 0.4) is 0 Å². The number of piperidine rings is 1. The number of nitrogens with one attached hydrogen (secondary N) is 1. The van der Waals surface area contributed by atoms with Gasteiger partial charge in [-0.05, 0) is 38.4 Å². The van der Waals surface area contributed by atoms with Crippen LogP contribution in [0.2, 0.25) is 0 Å². The summed E-state index contributed by atoms with van der Waals surface area (Å²) in [5.41, 5.74) is 0. The maximum absolute atomic E-state index is 11.1. The summed E-state index contributed by atoms with van der Waals surface area (Å²) in [6.45, 7) is 8.56. The van der Waals surface area contributed by atoms with E-state index in [1.54, 1.807) is 0 Å². The summed E-state index contributed by atoms with van der Waals surface area (Å²) in [6, 6.07) is 0.645. The standard InChI is InChI=1S/C13H28N2O2S/c1-4-12-11-15(8-6-10-18(3,16)17)9-7-13(12)14-5-2/h12-14H,4-11H2,1-3H3. The Bertz CT molecular complexity index is 330. The zero-order chi connectivity index (χ0) is 13.6. The highest BCUT2D eigenvalue weighted by molar-refractivity contribution is 7.90. The van der Waals surface area contributed by atoms with Crippen molar-refractivity contribution < 1.29 is 8.42 Å². The van der Waals surface area contributed by atoms with Gasteiger partial charge in [-0.3, -0.25) is 0 Å². The van der Waals surface area contributed by atoms with Crippen molar-refractivity contribution in [2.45, 2.75) is 39.2 Å². The first-order valence-corrected chi connectivity index (χ1v) is 9.15. The highest BCUT2D eigenvalue weighted by Crippen LogP contribution is 2.20. The van der Waals surface area contributed by atoms with E-state index in [1.807, 2.05) is 0 Å². The van der Waals surface area contributed by atoms with E-state index in [-0.39, 0.29) is 0 Å². The first kappa shape index (κ1) is 15.9. The molecule has 0 aromatic rings. The third kappa shape index (κ3) is 5.67. The average Bonchev–Trinajstić information content (AvgIpc) is 2.29. The van der Waals surface area contributed by atoms with Crippen molar-refractivity contribution in [2.24, 2.45) is 5.92 Å². The first-order chi connectivity index (χ1) is 8.46. The number of hydrogen-bond acceptors (Lipinski definition) is 4. The summed E-state index contributed by atoms with van der Waals surface area (Å²) in [6.07, 6.45) is 4.46. The minimum Gasteiger partial charge on any atom is -0.314 e. The summed E-state index contributed by atoms with van der Waals surface area (Å²) in [5.74, 6) is 1.02. The van der Waals surface area contributed by atoms with Gasteiger partial charge < -0.3 is 10.2 Å². The van der Waals surface area contributed by atoms with Crippen LogP contribution >= 0.6 is 0 Å². The van der Waals surface area contributed by atoms with Gasteiger partial charge in [0.05, 0.1) is 5.75 Å². The molecule has 5 heteroatoms. The van der Waals surface area contributed by atoms with Gasteiger partial charge >= 0.3 is 0 Å². The number of sulfone groups is 1. The Balaban J connectivity index is 2.33. The normalized spacial score (nSPS) is 26.4. The fraction of sp³-hybridized carbons (Fsp3) is 1.00. The predicted octanol–water partition coefficient (Wildman–Crippen LogP) is 1.13. The highest BCUT2D eigenvalue weighted by atomic mass is 32.2. The molecule has 1 N–H and O–H groups in total. The molecule has 2 atom stereocenters. The first-order valence-electron chi connectivity index (χ1n) is 7.09. The van der Waals surface area contributed by atoms with Crippen LogP contribution < -0.4 is 5.32 Å². The monoisotopic (exact) mass is 276 g/mol. The van der Waals surface area contributed by atoms with Crippen LogP contribution in [-0.2, 0) is 9.84 Å². The maximum Gasteiger partial charge on any atom is 0.147 e. The number of likely N-dealkylation sites (tertiary alicyclic amines) is 1. The van der Waals surface area contributed by atoms with Gasteiger partial charge in [0.2, 0.25) is 0 Å². The van der Waals surface area contributed by atoms with E-state index in [4.69, 9.17) is 0 Å². The fourth-order valence-electron chi connectivity index (χ4n) is 2.81. The Morgan fingerprint density at radius 1 is 1.33 bits per heavy atom. The lowest BCUT2D eigenvalue weighted by Crippen LogP contribution is -2.49. The Kier molecular flexibility index (Phi) is 6.60. The molecule has 1 saturated heterocycles. The van der Waals surface area contributed by atoms with Gasteiger partial charge in [-0.1, -0.05) is 20.3 Å². The smallest absolute Gasteiger partial charge is 0.147 e. The van der Waals surface area contributed by atoms with Crippen molar-refractivity contribution >= 4 is 9.84 Å². The fourth-order valence-corrected chi connectivity index (χ4v) is 3.46. The molecule has 18 heavy (non-hydrogen) atoms. The van der Waals surface area contributed by atoms with Gasteiger partial charge in [-0.15, -0.1) is 0 Å². The summed E-state index contributed by atoms with van der Waals surface area (Å²) >= 11 is 0. The molecule has 0 spiro atoms. The van der Waals surface area contributed by atoms with E-state index in [0.717, 1.165) is 32.6 Å². The summed E-state index contributed by atoms with van der Waals surface area (Å²) < 4.78 is 22.2. The SMILES string of the molecule is CCNC1CCN(CCCS(C)(=O)=O)CC1CC. The van der Waals surface area contributed by atoms with Crippen molar-refractivity contribution in [1.29, 1.82) is 0 Å². The van der Waals surface area contributed by atoms with Crippen LogP contribution in [0.4, 0.5) is 0 Å². The molecule has 1 aliphatic rings. The average molecular weight is 276 g/mol. The van der Waals surface area contributed by atoms with Crippen molar-refractivity contribution in [3.05, 3.63) is 0 Å². The molecule has 1 aliphatic heterocycles. The second kappa shape index (κ2) is 7.46. The van der Waals surface area contributed by atoms with Gasteiger partial charge in [-0.2, -0.15) is 0 Å². The van der Waals surface area contributed by atoms with Crippen LogP contribution in [0, 0.1) is 5.92 Å².